The molecule has 0 saturated carbocycles. The number of hydroxylamine groups is 1. The van der Waals surface area contributed by atoms with Gasteiger partial charge in [0.15, 0.2) is 0 Å². The number of imidazole rings is 2. The van der Waals surface area contributed by atoms with Crippen molar-refractivity contribution >= 4 is 18.1 Å². The molecule has 58 heavy (non-hydrogen) atoms. The highest BCUT2D eigenvalue weighted by atomic mass is 16.6. The van der Waals surface area contributed by atoms with Crippen LogP contribution in [0.1, 0.15) is 66.7 Å². The van der Waals surface area contributed by atoms with E-state index in [1.54, 1.807) is 29.4 Å². The van der Waals surface area contributed by atoms with Gasteiger partial charge in [0.2, 0.25) is 0 Å². The van der Waals surface area contributed by atoms with Gasteiger partial charge in [0.25, 0.3) is 5.91 Å². The number of nitrogens with one attached hydrogen (secondary N) is 5. The number of H-pyrrole nitrogens is 2. The van der Waals surface area contributed by atoms with Crippen LogP contribution in [-0.4, -0.2) is 80.5 Å². The highest BCUT2D eigenvalue weighted by molar-refractivity contribution is 5.87. The smallest absolute Gasteiger partial charge is 0.407 e. The van der Waals surface area contributed by atoms with E-state index in [0.717, 1.165) is 35.2 Å². The molecule has 1 aliphatic heterocycles. The highest BCUT2D eigenvalue weighted by Crippen LogP contribution is 2.34. The van der Waals surface area contributed by atoms with Gasteiger partial charge < -0.3 is 35.0 Å². The van der Waals surface area contributed by atoms with Crippen molar-refractivity contribution in [2.24, 2.45) is 0 Å². The summed E-state index contributed by atoms with van der Waals surface area (Å²) in [6, 6.07) is 28.4. The average Bonchev–Trinajstić information content (AvgIpc) is 4.08. The third-order valence-corrected chi connectivity index (χ3v) is 9.90. The van der Waals surface area contributed by atoms with Crippen LogP contribution in [-0.2, 0) is 19.1 Å². The summed E-state index contributed by atoms with van der Waals surface area (Å²) in [5.41, 5.74) is 9.18. The van der Waals surface area contributed by atoms with E-state index in [0.29, 0.717) is 40.8 Å². The highest BCUT2D eigenvalue weighted by Gasteiger charge is 2.37. The van der Waals surface area contributed by atoms with Gasteiger partial charge in [0.1, 0.15) is 23.4 Å². The van der Waals surface area contributed by atoms with Crippen molar-refractivity contribution in [3.63, 3.8) is 0 Å². The molecule has 4 heterocycles. The summed E-state index contributed by atoms with van der Waals surface area (Å²) >= 11 is 0. The van der Waals surface area contributed by atoms with E-state index in [1.165, 1.54) is 14.2 Å². The fraction of sp³-hybridized carbons (Fsp3) is 0.262. The first-order valence-electron chi connectivity index (χ1n) is 18.8. The Hall–Kier alpha value is -6.91. The largest absolute Gasteiger partial charge is 0.453 e. The number of aromatic amines is 2. The molecule has 1 saturated heterocycles. The predicted octanol–water partition coefficient (Wildman–Crippen LogP) is 6.36. The van der Waals surface area contributed by atoms with Crippen LogP contribution in [0.15, 0.2) is 109 Å². The molecule has 5 N–H and O–H groups in total. The lowest BCUT2D eigenvalue weighted by Gasteiger charge is -2.28. The van der Waals surface area contributed by atoms with Crippen molar-refractivity contribution in [1.82, 2.24) is 51.1 Å². The number of carbonyl (C=O) groups is 3. The van der Waals surface area contributed by atoms with Crippen molar-refractivity contribution in [1.29, 1.82) is 0 Å². The minimum absolute atomic E-state index is 0.168. The molecule has 298 valence electrons. The van der Waals surface area contributed by atoms with E-state index >= 15 is 0 Å². The topological polar surface area (TPSA) is 201 Å². The number of nitrogens with zero attached hydrogens (tertiary/aromatic N) is 5. The van der Waals surface area contributed by atoms with Crippen molar-refractivity contribution < 1.29 is 28.7 Å². The van der Waals surface area contributed by atoms with Crippen LogP contribution in [0, 0.1) is 0 Å². The summed E-state index contributed by atoms with van der Waals surface area (Å²) < 4.78 is 9.58. The van der Waals surface area contributed by atoms with Gasteiger partial charge in [-0.1, -0.05) is 84.9 Å². The van der Waals surface area contributed by atoms with Gasteiger partial charge in [-0.2, -0.15) is 5.48 Å². The molecule has 16 nitrogen and oxygen atoms in total. The van der Waals surface area contributed by atoms with Crippen molar-refractivity contribution in [3.05, 3.63) is 132 Å². The molecule has 1 aliphatic rings. The molecule has 0 radical (unpaired) electrons. The second-order valence-corrected chi connectivity index (χ2v) is 13.7. The lowest BCUT2D eigenvalue weighted by atomic mass is 10.1. The standard InChI is InChI=1S/C42H44N10O6/c1-26(51-58-25-35(47-41(54)56-2)27-11-6-4-7-12-27)38-43-23-33(45-38)29-18-16-28(17-19-29)31-20-21-32(50-49-31)34-24-44-39(46-34)36-15-10-22-52(36)40(53)37(48-42(55)57-3)30-13-8-5-9-14-30/h4-9,11-14,16-21,23-24,26,35-37,51H,10,15,22,25H2,1-3H3,(H,43,45)(H,44,46)(H,47,54)(H,48,55)/t26-,35-,36-,37+/m0/s1. The summed E-state index contributed by atoms with van der Waals surface area (Å²) in [7, 11) is 2.59. The summed E-state index contributed by atoms with van der Waals surface area (Å²) in [6.07, 6.45) is 3.74. The number of ether oxygens (including phenoxy) is 2. The van der Waals surface area contributed by atoms with Crippen LogP contribution in [0.3, 0.4) is 0 Å². The maximum atomic E-state index is 13.9. The molecule has 0 unspecified atom stereocenters. The predicted molar refractivity (Wildman–Crippen MR) is 213 cm³/mol. The number of alkyl carbamates (subject to hydrolysis) is 2. The number of benzene rings is 3. The van der Waals surface area contributed by atoms with E-state index in [1.807, 2.05) is 91.9 Å². The van der Waals surface area contributed by atoms with Crippen LogP contribution >= 0.6 is 0 Å². The average molecular weight is 785 g/mol. The van der Waals surface area contributed by atoms with E-state index < -0.39 is 24.3 Å². The maximum absolute atomic E-state index is 13.9. The fourth-order valence-electron chi connectivity index (χ4n) is 6.80. The molecular formula is C42H44N10O6. The molecular weight excluding hydrogens is 741 g/mol. The molecule has 16 heteroatoms. The van der Waals surface area contributed by atoms with Gasteiger partial charge in [0, 0.05) is 12.1 Å². The van der Waals surface area contributed by atoms with Gasteiger partial charge in [-0.05, 0) is 48.6 Å². The van der Waals surface area contributed by atoms with Crippen LogP contribution in [0.5, 0.6) is 0 Å². The normalized spacial score (nSPS) is 15.3. The minimum Gasteiger partial charge on any atom is -0.453 e. The lowest BCUT2D eigenvalue weighted by molar-refractivity contribution is -0.134. The van der Waals surface area contributed by atoms with Crippen LogP contribution in [0.2, 0.25) is 0 Å². The fourth-order valence-corrected chi connectivity index (χ4v) is 6.80. The minimum atomic E-state index is -0.899. The molecule has 0 aliphatic carbocycles. The zero-order chi connectivity index (χ0) is 40.4. The number of carbonyl (C=O) groups excluding carboxylic acids is 3. The van der Waals surface area contributed by atoms with Crippen LogP contribution in [0.25, 0.3) is 33.9 Å². The zero-order valence-corrected chi connectivity index (χ0v) is 32.2. The number of amides is 3. The van der Waals surface area contributed by atoms with Gasteiger partial charge >= 0.3 is 12.2 Å². The molecule has 0 bridgehead atoms. The van der Waals surface area contributed by atoms with Crippen molar-refractivity contribution in [3.8, 4) is 33.9 Å². The Kier molecular flexibility index (Phi) is 12.4. The Morgan fingerprint density at radius 2 is 1.40 bits per heavy atom. The number of methoxy groups -OCH3 is 2. The van der Waals surface area contributed by atoms with Gasteiger partial charge in [-0.25, -0.2) is 19.6 Å². The SMILES string of the molecule is COC(=O)N[C@@H](CON[C@@H](C)c1ncc(-c2ccc(-c3ccc(-c4cnc([C@@H]5CCCN5C(=O)[C@H](NC(=O)OC)c5ccccc5)[nH]4)nn3)cc2)[nH]1)c1ccccc1. The number of hydrogen-bond donors (Lipinski definition) is 5. The van der Waals surface area contributed by atoms with E-state index in [-0.39, 0.29) is 24.6 Å². The molecule has 3 aromatic carbocycles. The quantitative estimate of drug-likeness (QED) is 0.0770. The summed E-state index contributed by atoms with van der Waals surface area (Å²) in [6.45, 7) is 2.62. The van der Waals surface area contributed by atoms with Crippen LogP contribution in [0.4, 0.5) is 9.59 Å². The van der Waals surface area contributed by atoms with Crippen molar-refractivity contribution in [2.45, 2.75) is 43.9 Å². The molecule has 3 amide bonds. The van der Waals surface area contributed by atoms with Gasteiger partial charge in [-0.15, -0.1) is 10.2 Å². The number of hydrogen-bond acceptors (Lipinski definition) is 11. The molecule has 3 aromatic heterocycles. The van der Waals surface area contributed by atoms with Crippen molar-refractivity contribution in [2.75, 3.05) is 27.4 Å². The number of likely N-dealkylation sites (tertiary alicyclic amines) is 1. The first-order valence-corrected chi connectivity index (χ1v) is 18.8. The summed E-state index contributed by atoms with van der Waals surface area (Å²) in [4.78, 5) is 61.3. The summed E-state index contributed by atoms with van der Waals surface area (Å²) in [5, 5.41) is 14.5. The Morgan fingerprint density at radius 3 is 2.09 bits per heavy atom. The monoisotopic (exact) mass is 784 g/mol. The van der Waals surface area contributed by atoms with E-state index in [4.69, 9.17) is 14.3 Å². The Bertz CT molecular complexity index is 2280. The third-order valence-electron chi connectivity index (χ3n) is 9.90. The Balaban J connectivity index is 0.959. The van der Waals surface area contributed by atoms with E-state index in [2.05, 4.69) is 46.2 Å². The molecule has 0 spiro atoms. The zero-order valence-electron chi connectivity index (χ0n) is 32.2. The van der Waals surface area contributed by atoms with Gasteiger partial charge in [0.05, 0.1) is 68.4 Å². The third kappa shape index (κ3) is 9.20. The first kappa shape index (κ1) is 39.3. The lowest BCUT2D eigenvalue weighted by Crippen LogP contribution is -2.42. The second-order valence-electron chi connectivity index (χ2n) is 13.7. The first-order chi connectivity index (χ1) is 28.3. The Labute approximate surface area is 334 Å². The maximum Gasteiger partial charge on any atom is 0.407 e. The van der Waals surface area contributed by atoms with Crippen LogP contribution < -0.4 is 16.1 Å². The number of aromatic nitrogens is 6. The second kappa shape index (κ2) is 18.4. The summed E-state index contributed by atoms with van der Waals surface area (Å²) in [5.74, 6) is 1.08. The molecule has 6 aromatic rings. The van der Waals surface area contributed by atoms with E-state index in [9.17, 15) is 14.4 Å². The molecule has 1 fully saturated rings. The number of rotatable bonds is 14. The Morgan fingerprint density at radius 1 is 0.759 bits per heavy atom. The van der Waals surface area contributed by atoms with Gasteiger partial charge in [-0.3, -0.25) is 9.63 Å². The molecule has 7 rings (SSSR count). The molecule has 4 atom stereocenters.